The molecule has 0 unspecified atom stereocenters. The van der Waals surface area contributed by atoms with E-state index in [2.05, 4.69) is 67.9 Å². The molecular weight excluding hydrogens is 298 g/mol. The van der Waals surface area contributed by atoms with Crippen LogP contribution in [0.5, 0.6) is 0 Å². The Bertz CT molecular complexity index is 672. The molecule has 23 heavy (non-hydrogen) atoms. The van der Waals surface area contributed by atoms with Crippen molar-refractivity contribution in [2.75, 3.05) is 0 Å². The second-order valence-corrected chi connectivity index (χ2v) is 9.11. The van der Waals surface area contributed by atoms with Crippen molar-refractivity contribution in [3.05, 3.63) is 46.7 Å². The largest absolute Gasteiger partial charge is 0.309 e. The second kappa shape index (κ2) is 5.75. The average molecular weight is 326 g/mol. The summed E-state index contributed by atoms with van der Waals surface area (Å²) in [5.41, 5.74) is 3.26. The number of nitrogens with one attached hydrogen (secondary N) is 1. The van der Waals surface area contributed by atoms with E-state index in [4.69, 9.17) is 0 Å². The Balaban J connectivity index is 1.38. The minimum Gasteiger partial charge on any atom is -0.309 e. The van der Waals surface area contributed by atoms with Crippen molar-refractivity contribution in [1.29, 1.82) is 0 Å². The van der Waals surface area contributed by atoms with Crippen LogP contribution in [0.25, 0.3) is 11.1 Å². The van der Waals surface area contributed by atoms with Crippen molar-refractivity contribution in [3.8, 4) is 11.1 Å². The SMILES string of the molecule is C[C@H]1[C@H](NCc2cc(-c3ccccc3)cs2)C[C@H]2C[C@@H]1C2(C)C. The van der Waals surface area contributed by atoms with Crippen LogP contribution in [0.2, 0.25) is 0 Å². The van der Waals surface area contributed by atoms with E-state index in [0.717, 1.165) is 24.3 Å². The van der Waals surface area contributed by atoms with Gasteiger partial charge in [0.2, 0.25) is 0 Å². The van der Waals surface area contributed by atoms with E-state index in [1.807, 2.05) is 11.3 Å². The molecule has 1 heterocycles. The maximum absolute atomic E-state index is 3.86. The highest BCUT2D eigenvalue weighted by Crippen LogP contribution is 2.61. The smallest absolute Gasteiger partial charge is 0.0302 e. The molecule has 1 aromatic heterocycles. The Morgan fingerprint density at radius 2 is 1.91 bits per heavy atom. The number of rotatable bonds is 4. The van der Waals surface area contributed by atoms with Gasteiger partial charge in [-0.1, -0.05) is 51.1 Å². The van der Waals surface area contributed by atoms with E-state index in [9.17, 15) is 0 Å². The first-order valence-corrected chi connectivity index (χ1v) is 9.80. The summed E-state index contributed by atoms with van der Waals surface area (Å²) in [5, 5.41) is 6.15. The summed E-state index contributed by atoms with van der Waals surface area (Å²) >= 11 is 1.88. The molecule has 122 valence electrons. The number of thiophene rings is 1. The van der Waals surface area contributed by atoms with Crippen LogP contribution in [0.1, 0.15) is 38.5 Å². The molecule has 2 aromatic rings. The van der Waals surface area contributed by atoms with Crippen LogP contribution in [0.4, 0.5) is 0 Å². The topological polar surface area (TPSA) is 12.0 Å². The zero-order valence-corrected chi connectivity index (χ0v) is 15.2. The number of hydrogen-bond donors (Lipinski definition) is 1. The van der Waals surface area contributed by atoms with E-state index in [1.165, 1.54) is 28.8 Å². The zero-order valence-electron chi connectivity index (χ0n) is 14.4. The molecule has 0 amide bonds. The van der Waals surface area contributed by atoms with E-state index in [-0.39, 0.29) is 0 Å². The molecule has 0 saturated heterocycles. The second-order valence-electron chi connectivity index (χ2n) is 8.11. The normalized spacial score (nSPS) is 31.6. The molecular formula is C21H27NS. The van der Waals surface area contributed by atoms with Crippen molar-refractivity contribution in [3.63, 3.8) is 0 Å². The molecule has 1 aromatic carbocycles. The van der Waals surface area contributed by atoms with Crippen LogP contribution >= 0.6 is 11.3 Å². The van der Waals surface area contributed by atoms with Gasteiger partial charge >= 0.3 is 0 Å². The first-order chi connectivity index (χ1) is 11.1. The summed E-state index contributed by atoms with van der Waals surface area (Å²) < 4.78 is 0. The van der Waals surface area contributed by atoms with Gasteiger partial charge in [-0.2, -0.15) is 0 Å². The van der Waals surface area contributed by atoms with Crippen LogP contribution in [0, 0.1) is 23.2 Å². The van der Waals surface area contributed by atoms with Gasteiger partial charge in [-0.3, -0.25) is 0 Å². The van der Waals surface area contributed by atoms with Crippen LogP contribution in [0.15, 0.2) is 41.8 Å². The molecule has 0 radical (unpaired) electrons. The Morgan fingerprint density at radius 3 is 2.61 bits per heavy atom. The van der Waals surface area contributed by atoms with Crippen molar-refractivity contribution in [2.24, 2.45) is 23.2 Å². The van der Waals surface area contributed by atoms with Gasteiger partial charge in [-0.15, -0.1) is 11.3 Å². The summed E-state index contributed by atoms with van der Waals surface area (Å²) in [6.07, 6.45) is 2.82. The fourth-order valence-electron chi connectivity index (χ4n) is 4.91. The molecule has 2 bridgehead atoms. The minimum atomic E-state index is 0.584. The summed E-state index contributed by atoms with van der Waals surface area (Å²) in [4.78, 5) is 1.45. The number of hydrogen-bond acceptors (Lipinski definition) is 2. The standard InChI is InChI=1S/C21H27NS/c1-14-19-10-17(21(19,2)3)11-20(14)22-12-18-9-16(13-23-18)15-7-5-4-6-8-15/h4-9,13-14,17,19-20,22H,10-12H2,1-3H3/t14-,17-,19+,20-/m1/s1. The minimum absolute atomic E-state index is 0.584. The third-order valence-corrected chi connectivity index (χ3v) is 7.59. The third kappa shape index (κ3) is 2.66. The molecule has 1 N–H and O–H groups in total. The van der Waals surface area contributed by atoms with Gasteiger partial charge in [-0.05, 0) is 58.6 Å². The van der Waals surface area contributed by atoms with Crippen LogP contribution in [0.3, 0.4) is 0 Å². The van der Waals surface area contributed by atoms with E-state index < -0.39 is 0 Å². The van der Waals surface area contributed by atoms with E-state index >= 15 is 0 Å². The molecule has 0 aliphatic heterocycles. The zero-order chi connectivity index (χ0) is 16.0. The highest BCUT2D eigenvalue weighted by molar-refractivity contribution is 7.10. The van der Waals surface area contributed by atoms with Crippen molar-refractivity contribution < 1.29 is 0 Å². The molecule has 5 rings (SSSR count). The van der Waals surface area contributed by atoms with E-state index in [1.54, 1.807) is 0 Å². The third-order valence-electron chi connectivity index (χ3n) is 6.65. The monoisotopic (exact) mass is 325 g/mol. The molecule has 3 aliphatic carbocycles. The van der Waals surface area contributed by atoms with Crippen molar-refractivity contribution in [2.45, 2.75) is 46.2 Å². The van der Waals surface area contributed by atoms with Gasteiger partial charge in [0.1, 0.15) is 0 Å². The molecule has 0 spiro atoms. The Morgan fingerprint density at radius 1 is 1.13 bits per heavy atom. The molecule has 1 nitrogen and oxygen atoms in total. The molecule has 3 fully saturated rings. The van der Waals surface area contributed by atoms with Gasteiger partial charge in [0.15, 0.2) is 0 Å². The molecule has 4 atom stereocenters. The van der Waals surface area contributed by atoms with E-state index in [0.29, 0.717) is 11.5 Å². The van der Waals surface area contributed by atoms with Gasteiger partial charge < -0.3 is 5.32 Å². The van der Waals surface area contributed by atoms with Crippen LogP contribution in [-0.4, -0.2) is 6.04 Å². The predicted octanol–water partition coefficient (Wildman–Crippen LogP) is 5.58. The lowest BCUT2D eigenvalue weighted by Crippen LogP contribution is -2.59. The number of benzene rings is 1. The maximum atomic E-state index is 3.86. The van der Waals surface area contributed by atoms with Crippen molar-refractivity contribution >= 4 is 11.3 Å². The predicted molar refractivity (Wildman–Crippen MR) is 99.5 cm³/mol. The number of fused-ring (bicyclic) bond motifs is 2. The lowest BCUT2D eigenvalue weighted by Gasteiger charge is -2.62. The quantitative estimate of drug-likeness (QED) is 0.774. The van der Waals surface area contributed by atoms with Gasteiger partial charge in [0.25, 0.3) is 0 Å². The molecule has 3 saturated carbocycles. The molecule has 3 aliphatic rings. The van der Waals surface area contributed by atoms with Gasteiger partial charge in [0.05, 0.1) is 0 Å². The summed E-state index contributed by atoms with van der Waals surface area (Å²) in [7, 11) is 0. The Hall–Kier alpha value is -1.12. The fourth-order valence-corrected chi connectivity index (χ4v) is 5.75. The van der Waals surface area contributed by atoms with Gasteiger partial charge in [0, 0.05) is 17.5 Å². The fraction of sp³-hybridized carbons (Fsp3) is 0.524. The molecule has 2 heteroatoms. The summed E-state index contributed by atoms with van der Waals surface area (Å²) in [5.74, 6) is 2.66. The van der Waals surface area contributed by atoms with Crippen molar-refractivity contribution in [1.82, 2.24) is 5.32 Å². The highest BCUT2D eigenvalue weighted by atomic mass is 32.1. The van der Waals surface area contributed by atoms with Gasteiger partial charge in [-0.25, -0.2) is 0 Å². The lowest BCUT2D eigenvalue weighted by atomic mass is 9.45. The Labute approximate surface area is 144 Å². The first-order valence-electron chi connectivity index (χ1n) is 8.92. The van der Waals surface area contributed by atoms with Crippen LogP contribution < -0.4 is 5.32 Å². The maximum Gasteiger partial charge on any atom is 0.0302 e. The first kappa shape index (κ1) is 15.4. The van der Waals surface area contributed by atoms with Crippen LogP contribution in [-0.2, 0) is 6.54 Å². The lowest BCUT2D eigenvalue weighted by molar-refractivity contribution is -0.115. The highest BCUT2D eigenvalue weighted by Gasteiger charge is 2.55. The summed E-state index contributed by atoms with van der Waals surface area (Å²) in [6.45, 7) is 8.43. The summed E-state index contributed by atoms with van der Waals surface area (Å²) in [6, 6.07) is 13.7. The average Bonchev–Trinajstić information content (AvgIpc) is 3.03. The Kier molecular flexibility index (Phi) is 3.85.